The highest BCUT2D eigenvalue weighted by atomic mass is 32.1. The Morgan fingerprint density at radius 2 is 1.78 bits per heavy atom. The van der Waals surface area contributed by atoms with Crippen molar-refractivity contribution >= 4 is 63.7 Å². The highest BCUT2D eigenvalue weighted by Crippen LogP contribution is 2.34. The molecule has 0 aliphatic heterocycles. The number of para-hydroxylation sites is 1. The second-order valence-electron chi connectivity index (χ2n) is 17.0. The molecule has 0 bridgehead atoms. The lowest BCUT2D eigenvalue weighted by molar-refractivity contribution is 0.0593. The molecule has 0 spiro atoms. The number of carbonyl (C=O) groups excluding carboxylic acids is 1. The van der Waals surface area contributed by atoms with Crippen molar-refractivity contribution in [3.63, 3.8) is 0 Å². The normalized spacial score (nSPS) is 12.0. The molecule has 0 unspecified atom stereocenters. The number of benzene rings is 2. The van der Waals surface area contributed by atoms with Crippen molar-refractivity contribution < 1.29 is 23.4 Å². The molecule has 0 aliphatic carbocycles. The van der Waals surface area contributed by atoms with Gasteiger partial charge < -0.3 is 29.3 Å². The number of hydrogen-bond acceptors (Lipinski definition) is 14. The summed E-state index contributed by atoms with van der Waals surface area (Å²) in [4.78, 5) is 30.9. The number of halogens is 1. The fraction of sp³-hybridized carbons (Fsp3) is 0.511. The number of aryl methyl sites for hydroxylation is 2. The van der Waals surface area contributed by atoms with Gasteiger partial charge in [0, 0.05) is 44.8 Å². The maximum Gasteiger partial charge on any atom is 0.357 e. The summed E-state index contributed by atoms with van der Waals surface area (Å²) in [6, 6.07) is 16.1. The lowest BCUT2D eigenvalue weighted by atomic mass is 10.2. The number of rotatable bonds is 25. The van der Waals surface area contributed by atoms with Crippen LogP contribution in [0.3, 0.4) is 0 Å². The van der Waals surface area contributed by atoms with Gasteiger partial charge in [-0.15, -0.1) is 21.5 Å². The number of esters is 1. The van der Waals surface area contributed by atoms with Crippen LogP contribution >= 0.6 is 22.7 Å². The number of anilines is 2. The Morgan fingerprint density at radius 1 is 0.984 bits per heavy atom. The zero-order chi connectivity index (χ0) is 46.1. The molecule has 0 aliphatic rings. The zero-order valence-electron chi connectivity index (χ0n) is 39.1. The Hall–Kier alpha value is -4.54. The van der Waals surface area contributed by atoms with Crippen LogP contribution in [-0.2, 0) is 22.6 Å². The number of unbranched alkanes of at least 4 members (excludes halogenated alkanes) is 1. The maximum atomic E-state index is 14.9. The minimum absolute atomic E-state index is 0.155. The number of carbonyl (C=O) groups is 1. The van der Waals surface area contributed by atoms with Gasteiger partial charge in [-0.25, -0.2) is 14.2 Å². The van der Waals surface area contributed by atoms with Gasteiger partial charge in [-0.05, 0) is 114 Å². The third-order valence-corrected chi connectivity index (χ3v) is 14.3. The van der Waals surface area contributed by atoms with Crippen LogP contribution in [0.1, 0.15) is 59.6 Å². The van der Waals surface area contributed by atoms with E-state index in [1.54, 1.807) is 23.5 Å². The highest BCUT2D eigenvalue weighted by molar-refractivity contribution is 7.16. The van der Waals surface area contributed by atoms with Gasteiger partial charge >= 0.3 is 5.97 Å². The van der Waals surface area contributed by atoms with E-state index >= 15 is 0 Å². The third-order valence-electron chi connectivity index (χ3n) is 10.4. The molecule has 0 radical (unpaired) electrons. The smallest absolute Gasteiger partial charge is 0.357 e. The van der Waals surface area contributed by atoms with E-state index in [0.717, 1.165) is 77.1 Å². The number of thiazole rings is 2. The quantitative estimate of drug-likeness (QED) is 0.0263. The van der Waals surface area contributed by atoms with Crippen LogP contribution in [0.15, 0.2) is 53.5 Å². The summed E-state index contributed by atoms with van der Waals surface area (Å²) < 4.78 is 35.4. The zero-order valence-corrected chi connectivity index (χ0v) is 41.8. The van der Waals surface area contributed by atoms with Crippen molar-refractivity contribution in [2.45, 2.75) is 78.9 Å². The van der Waals surface area contributed by atoms with Crippen LogP contribution in [0.2, 0.25) is 25.7 Å². The number of ether oxygens (including phenoxy) is 3. The average molecular weight is 932 g/mol. The molecule has 17 heteroatoms. The van der Waals surface area contributed by atoms with Gasteiger partial charge in [0.25, 0.3) is 0 Å². The molecule has 3 heterocycles. The molecule has 0 amide bonds. The monoisotopic (exact) mass is 931 g/mol. The fourth-order valence-electron chi connectivity index (χ4n) is 6.58. The molecule has 3 aromatic heterocycles. The van der Waals surface area contributed by atoms with Gasteiger partial charge in [-0.3, -0.25) is 9.47 Å². The molecule has 5 aromatic rings. The Kier molecular flexibility index (Phi) is 19.9. The minimum atomic E-state index is -1.24. The molecule has 0 saturated heterocycles. The molecular weight excluding hydrogens is 866 g/mol. The van der Waals surface area contributed by atoms with Crippen molar-refractivity contribution in [2.24, 2.45) is 4.99 Å². The second-order valence-corrected chi connectivity index (χ2v) is 24.7. The van der Waals surface area contributed by atoms with Gasteiger partial charge in [0.1, 0.15) is 6.73 Å². The molecule has 5 rings (SSSR count). The predicted octanol–water partition coefficient (Wildman–Crippen LogP) is 8.50. The fourth-order valence-corrected chi connectivity index (χ4v) is 9.48. The Bertz CT molecular complexity index is 2400. The van der Waals surface area contributed by atoms with Gasteiger partial charge in [-0.1, -0.05) is 68.8 Å². The van der Waals surface area contributed by atoms with Crippen LogP contribution in [0.25, 0.3) is 10.2 Å². The third kappa shape index (κ3) is 15.3. The Labute approximate surface area is 387 Å². The van der Waals surface area contributed by atoms with Crippen molar-refractivity contribution in [3.8, 4) is 17.6 Å². The molecule has 2 aromatic carbocycles. The first-order valence-corrected chi connectivity index (χ1v) is 27.5. The Balaban J connectivity index is 1.37. The first-order valence-electron chi connectivity index (χ1n) is 22.2. The lowest BCUT2D eigenvalue weighted by Crippen LogP contribution is -2.32. The van der Waals surface area contributed by atoms with E-state index in [2.05, 4.69) is 77.3 Å². The topological polar surface area (TPSA) is 122 Å². The summed E-state index contributed by atoms with van der Waals surface area (Å²) in [7, 11) is 3.97. The summed E-state index contributed by atoms with van der Waals surface area (Å²) in [5.74, 6) is 6.28. The molecule has 0 atom stereocenters. The Morgan fingerprint density at radius 3 is 2.50 bits per heavy atom. The molecule has 346 valence electrons. The SMILES string of the molecule is CCN(CC)CCNCCCCN(c1cc(C)c(/N=c2\sc3ccccc3n2COCC[Si](C)(C)C)nn1)c1nc(C(=O)OC)c(CCCOc2ccc(C#CCN(C)C)cc2F)s1. The predicted molar refractivity (Wildman–Crippen MR) is 262 cm³/mol. The van der Waals surface area contributed by atoms with Gasteiger partial charge in [0.2, 0.25) is 0 Å². The van der Waals surface area contributed by atoms with Crippen molar-refractivity contribution in [1.82, 2.24) is 34.9 Å². The number of likely N-dealkylation sites (N-methyl/N-ethyl adjacent to an activating group) is 1. The summed E-state index contributed by atoms with van der Waals surface area (Å²) >= 11 is 3.01. The highest BCUT2D eigenvalue weighted by Gasteiger charge is 2.24. The maximum absolute atomic E-state index is 14.9. The molecular formula is C47H66FN9O4S2Si. The molecule has 1 N–H and O–H groups in total. The van der Waals surface area contributed by atoms with E-state index in [-0.39, 0.29) is 18.1 Å². The van der Waals surface area contributed by atoms with Crippen LogP contribution in [0.5, 0.6) is 5.75 Å². The van der Waals surface area contributed by atoms with Crippen LogP contribution < -0.4 is 19.8 Å². The van der Waals surface area contributed by atoms with E-state index in [1.807, 2.05) is 49.0 Å². The van der Waals surface area contributed by atoms with E-state index in [9.17, 15) is 9.18 Å². The lowest BCUT2D eigenvalue weighted by Gasteiger charge is -2.21. The minimum Gasteiger partial charge on any atom is -0.491 e. The van der Waals surface area contributed by atoms with E-state index < -0.39 is 19.9 Å². The first-order chi connectivity index (χ1) is 30.8. The number of methoxy groups -OCH3 is 1. The standard InChI is InChI=1S/C47H66FN9O4S2Si/c1-10-55(11-2)28-25-49-24-14-15-27-56(42-32-35(3)44(53-52-42)51-47-57(34-60-30-31-64(7,8)9)38-19-12-13-20-40(38)62-47)46-50-43(45(58)59-6)41(63-46)21-17-29-61-39-23-22-36(33-37(39)48)18-16-26-54(4)5/h12-13,19-20,22-23,32-33,49H,10-11,14-15,17,21,24-31,34H2,1-9H3/b51-47-. The number of nitrogens with zero attached hydrogens (tertiary/aromatic N) is 8. The number of nitrogens with one attached hydrogen (secondary N) is 1. The van der Waals surface area contributed by atoms with Gasteiger partial charge in [-0.2, -0.15) is 4.99 Å². The average Bonchev–Trinajstić information content (AvgIpc) is 3.85. The van der Waals surface area contributed by atoms with Crippen LogP contribution in [0.4, 0.5) is 21.2 Å². The summed E-state index contributed by atoms with van der Waals surface area (Å²) in [6.45, 7) is 20.8. The van der Waals surface area contributed by atoms with E-state index in [4.69, 9.17) is 29.3 Å². The van der Waals surface area contributed by atoms with Crippen LogP contribution in [-0.4, -0.2) is 124 Å². The van der Waals surface area contributed by atoms with Gasteiger partial charge in [0.05, 0.1) is 30.5 Å². The number of aromatic nitrogens is 4. The summed E-state index contributed by atoms with van der Waals surface area (Å²) in [5.41, 5.74) is 2.74. The van der Waals surface area contributed by atoms with Crippen molar-refractivity contribution in [3.05, 3.63) is 80.8 Å². The molecule has 0 saturated carbocycles. The number of fused-ring (bicyclic) bond motifs is 1. The van der Waals surface area contributed by atoms with Crippen molar-refractivity contribution in [2.75, 3.05) is 85.1 Å². The van der Waals surface area contributed by atoms with Crippen LogP contribution in [0, 0.1) is 24.6 Å². The molecule has 13 nitrogen and oxygen atoms in total. The van der Waals surface area contributed by atoms with E-state index in [1.165, 1.54) is 24.5 Å². The van der Waals surface area contributed by atoms with Crippen molar-refractivity contribution in [1.29, 1.82) is 0 Å². The largest absolute Gasteiger partial charge is 0.491 e. The second kappa shape index (κ2) is 25.2. The number of hydrogen-bond donors (Lipinski definition) is 1. The summed E-state index contributed by atoms with van der Waals surface area (Å²) in [5, 5.41) is 13.6. The first kappa shape index (κ1) is 50.5. The van der Waals surface area contributed by atoms with Gasteiger partial charge in [0.15, 0.2) is 38.8 Å². The molecule has 64 heavy (non-hydrogen) atoms. The summed E-state index contributed by atoms with van der Waals surface area (Å²) in [6.07, 6.45) is 2.76. The molecule has 0 fully saturated rings. The van der Waals surface area contributed by atoms with E-state index in [0.29, 0.717) is 61.6 Å².